The summed E-state index contributed by atoms with van der Waals surface area (Å²) in [7, 11) is 2.80. The van der Waals surface area contributed by atoms with Crippen molar-refractivity contribution in [1.82, 2.24) is 0 Å². The van der Waals surface area contributed by atoms with E-state index in [1.807, 2.05) is 0 Å². The Morgan fingerprint density at radius 2 is 1.94 bits per heavy atom. The number of phenolic OH excluding ortho intramolecular Hbond substituents is 1. The minimum absolute atomic E-state index is 0.000370. The summed E-state index contributed by atoms with van der Waals surface area (Å²) in [6.07, 6.45) is 0. The van der Waals surface area contributed by atoms with E-state index in [1.54, 1.807) is 12.1 Å². The smallest absolute Gasteiger partial charge is 0.169 e. The van der Waals surface area contributed by atoms with E-state index in [4.69, 9.17) is 9.47 Å². The summed E-state index contributed by atoms with van der Waals surface area (Å²) in [5.41, 5.74) is 0. The summed E-state index contributed by atoms with van der Waals surface area (Å²) in [6, 6.07) is 4.62. The number of hydrogen-bond donors (Lipinski definition) is 1. The molecule has 0 bridgehead atoms. The van der Waals surface area contributed by atoms with Gasteiger partial charge in [-0.25, -0.2) is 4.39 Å². The highest BCUT2D eigenvalue weighted by Crippen LogP contribution is 2.43. The Morgan fingerprint density at radius 1 is 1.24 bits per heavy atom. The molecule has 2 aromatic rings. The Balaban J connectivity index is 2.98. The van der Waals surface area contributed by atoms with Crippen molar-refractivity contribution in [3.63, 3.8) is 0 Å². The van der Waals surface area contributed by atoms with Crippen molar-refractivity contribution in [3.8, 4) is 17.2 Å². The molecule has 0 aliphatic heterocycles. The van der Waals surface area contributed by atoms with Gasteiger partial charge in [0.15, 0.2) is 11.6 Å². The lowest BCUT2D eigenvalue weighted by Crippen LogP contribution is -1.94. The molecule has 90 valence electrons. The standard InChI is InChI=1S/C12H10BrFO3/c1-16-9-5-8(14)12(17-2)10-6(9)3-4-7(13)11(10)15/h3-5,15H,1-2H3. The molecule has 0 saturated heterocycles. The Kier molecular flexibility index (Phi) is 3.11. The van der Waals surface area contributed by atoms with Crippen LogP contribution in [-0.4, -0.2) is 19.3 Å². The van der Waals surface area contributed by atoms with Gasteiger partial charge in [-0.2, -0.15) is 0 Å². The second kappa shape index (κ2) is 4.41. The Labute approximate surface area is 106 Å². The number of rotatable bonds is 2. The highest BCUT2D eigenvalue weighted by atomic mass is 79.9. The van der Waals surface area contributed by atoms with E-state index in [0.29, 0.717) is 21.0 Å². The lowest BCUT2D eigenvalue weighted by molar-refractivity contribution is 0.381. The average molecular weight is 301 g/mol. The van der Waals surface area contributed by atoms with Crippen molar-refractivity contribution in [1.29, 1.82) is 0 Å². The summed E-state index contributed by atoms with van der Waals surface area (Å²) in [4.78, 5) is 0. The molecular formula is C12H10BrFO3. The van der Waals surface area contributed by atoms with E-state index < -0.39 is 5.82 Å². The number of ether oxygens (including phenoxy) is 2. The zero-order valence-corrected chi connectivity index (χ0v) is 10.8. The normalized spacial score (nSPS) is 10.6. The van der Waals surface area contributed by atoms with E-state index in [0.717, 1.165) is 0 Å². The largest absolute Gasteiger partial charge is 0.506 e. The fourth-order valence-electron chi connectivity index (χ4n) is 1.75. The van der Waals surface area contributed by atoms with Crippen LogP contribution in [0.2, 0.25) is 0 Å². The van der Waals surface area contributed by atoms with Crippen LogP contribution in [0, 0.1) is 5.82 Å². The molecular weight excluding hydrogens is 291 g/mol. The topological polar surface area (TPSA) is 38.7 Å². The SMILES string of the molecule is COc1cc(F)c(OC)c2c(O)c(Br)ccc12. The summed E-state index contributed by atoms with van der Waals surface area (Å²) in [5.74, 6) is -0.303. The molecule has 17 heavy (non-hydrogen) atoms. The minimum atomic E-state index is -0.578. The Bertz CT molecular complexity index is 584. The van der Waals surface area contributed by atoms with Gasteiger partial charge in [0.25, 0.3) is 0 Å². The number of phenols is 1. The van der Waals surface area contributed by atoms with Crippen LogP contribution < -0.4 is 9.47 Å². The average Bonchev–Trinajstić information content (AvgIpc) is 2.33. The summed E-state index contributed by atoms with van der Waals surface area (Å²) < 4.78 is 24.3. The van der Waals surface area contributed by atoms with Crippen molar-refractivity contribution in [2.45, 2.75) is 0 Å². The molecule has 0 aliphatic carbocycles. The predicted octanol–water partition coefficient (Wildman–Crippen LogP) is 3.46. The molecule has 0 atom stereocenters. The van der Waals surface area contributed by atoms with Crippen molar-refractivity contribution < 1.29 is 19.0 Å². The lowest BCUT2D eigenvalue weighted by atomic mass is 10.1. The van der Waals surface area contributed by atoms with Gasteiger partial charge in [0.05, 0.1) is 24.1 Å². The van der Waals surface area contributed by atoms with Gasteiger partial charge in [0, 0.05) is 11.5 Å². The van der Waals surface area contributed by atoms with Crippen molar-refractivity contribution in [2.75, 3.05) is 14.2 Å². The van der Waals surface area contributed by atoms with E-state index in [2.05, 4.69) is 15.9 Å². The maximum Gasteiger partial charge on any atom is 0.169 e. The highest BCUT2D eigenvalue weighted by Gasteiger charge is 2.18. The molecule has 2 aromatic carbocycles. The first-order valence-corrected chi connectivity index (χ1v) is 5.61. The number of benzene rings is 2. The highest BCUT2D eigenvalue weighted by molar-refractivity contribution is 9.10. The fourth-order valence-corrected chi connectivity index (χ4v) is 2.08. The number of halogens is 2. The third kappa shape index (κ3) is 1.80. The maximum absolute atomic E-state index is 13.7. The number of methoxy groups -OCH3 is 2. The van der Waals surface area contributed by atoms with Crippen LogP contribution in [0.15, 0.2) is 22.7 Å². The zero-order chi connectivity index (χ0) is 12.6. The monoisotopic (exact) mass is 300 g/mol. The molecule has 0 fully saturated rings. The van der Waals surface area contributed by atoms with Crippen LogP contribution in [0.5, 0.6) is 17.2 Å². The number of hydrogen-bond acceptors (Lipinski definition) is 3. The molecule has 3 nitrogen and oxygen atoms in total. The second-order valence-corrected chi connectivity index (χ2v) is 4.27. The van der Waals surface area contributed by atoms with Gasteiger partial charge in [-0.3, -0.25) is 0 Å². The van der Waals surface area contributed by atoms with Gasteiger partial charge in [-0.05, 0) is 28.1 Å². The fraction of sp³-hybridized carbons (Fsp3) is 0.167. The van der Waals surface area contributed by atoms with Gasteiger partial charge < -0.3 is 14.6 Å². The molecule has 0 unspecified atom stereocenters. The zero-order valence-electron chi connectivity index (χ0n) is 9.25. The lowest BCUT2D eigenvalue weighted by Gasteiger charge is -2.12. The molecule has 0 spiro atoms. The predicted molar refractivity (Wildman–Crippen MR) is 66.4 cm³/mol. The summed E-state index contributed by atoms with van der Waals surface area (Å²) >= 11 is 3.18. The first-order chi connectivity index (χ1) is 8.10. The molecule has 0 heterocycles. The van der Waals surface area contributed by atoms with E-state index in [1.165, 1.54) is 20.3 Å². The molecule has 0 aromatic heterocycles. The minimum Gasteiger partial charge on any atom is -0.506 e. The first-order valence-electron chi connectivity index (χ1n) is 4.81. The van der Waals surface area contributed by atoms with Crippen LogP contribution in [0.25, 0.3) is 10.8 Å². The van der Waals surface area contributed by atoms with Gasteiger partial charge in [-0.15, -0.1) is 0 Å². The summed E-state index contributed by atoms with van der Waals surface area (Å²) in [6.45, 7) is 0. The van der Waals surface area contributed by atoms with Gasteiger partial charge >= 0.3 is 0 Å². The summed E-state index contributed by atoms with van der Waals surface area (Å²) in [5, 5.41) is 10.8. The molecule has 0 amide bonds. The molecule has 2 rings (SSSR count). The van der Waals surface area contributed by atoms with E-state index >= 15 is 0 Å². The number of fused-ring (bicyclic) bond motifs is 1. The Morgan fingerprint density at radius 3 is 2.53 bits per heavy atom. The van der Waals surface area contributed by atoms with Crippen molar-refractivity contribution in [2.24, 2.45) is 0 Å². The molecule has 1 N–H and O–H groups in total. The quantitative estimate of drug-likeness (QED) is 0.923. The number of aromatic hydroxyl groups is 1. The van der Waals surface area contributed by atoms with Gasteiger partial charge in [0.1, 0.15) is 11.5 Å². The van der Waals surface area contributed by atoms with Crippen LogP contribution in [-0.2, 0) is 0 Å². The van der Waals surface area contributed by atoms with E-state index in [9.17, 15) is 9.50 Å². The van der Waals surface area contributed by atoms with Crippen molar-refractivity contribution in [3.05, 3.63) is 28.5 Å². The van der Waals surface area contributed by atoms with Gasteiger partial charge in [-0.1, -0.05) is 0 Å². The molecule has 0 aliphatic rings. The molecule has 5 heteroatoms. The first kappa shape index (κ1) is 12.0. The third-order valence-electron chi connectivity index (χ3n) is 2.52. The van der Waals surface area contributed by atoms with Crippen LogP contribution in [0.1, 0.15) is 0 Å². The Hall–Kier alpha value is -1.49. The van der Waals surface area contributed by atoms with E-state index in [-0.39, 0.29) is 11.5 Å². The van der Waals surface area contributed by atoms with Crippen LogP contribution in [0.3, 0.4) is 0 Å². The molecule has 0 radical (unpaired) electrons. The third-order valence-corrected chi connectivity index (χ3v) is 3.16. The maximum atomic E-state index is 13.7. The second-order valence-electron chi connectivity index (χ2n) is 3.41. The molecule has 0 saturated carbocycles. The van der Waals surface area contributed by atoms with Crippen LogP contribution in [0.4, 0.5) is 4.39 Å². The van der Waals surface area contributed by atoms with Crippen molar-refractivity contribution >= 4 is 26.7 Å². The van der Waals surface area contributed by atoms with Gasteiger partial charge in [0.2, 0.25) is 0 Å². The van der Waals surface area contributed by atoms with Crippen LogP contribution >= 0.6 is 15.9 Å².